The van der Waals surface area contributed by atoms with E-state index >= 15 is 0 Å². The maximum Gasteiger partial charge on any atom is 0.410 e. The Morgan fingerprint density at radius 1 is 1.79 bits per heavy atom. The zero-order valence-corrected chi connectivity index (χ0v) is 8.58. The van der Waals surface area contributed by atoms with E-state index in [1.165, 1.54) is 23.3 Å². The summed E-state index contributed by atoms with van der Waals surface area (Å²) in [6.07, 6.45) is -0.472. The monoisotopic (exact) mass is 210 g/mol. The summed E-state index contributed by atoms with van der Waals surface area (Å²) in [5.74, 6) is 0. The molecular weight excluding hydrogens is 200 g/mol. The largest absolute Gasteiger partial charge is 0.444 e. The fraction of sp³-hybridized carbons (Fsp3) is 0.333. The Balaban J connectivity index is 2.32. The van der Waals surface area contributed by atoms with Gasteiger partial charge in [0.2, 0.25) is 0 Å². The predicted molar refractivity (Wildman–Crippen MR) is 52.7 cm³/mol. The average molecular weight is 210 g/mol. The Morgan fingerprint density at radius 3 is 3.14 bits per heavy atom. The van der Waals surface area contributed by atoms with Gasteiger partial charge in [-0.3, -0.25) is 4.90 Å². The van der Waals surface area contributed by atoms with Gasteiger partial charge in [-0.2, -0.15) is 5.26 Å². The summed E-state index contributed by atoms with van der Waals surface area (Å²) in [4.78, 5) is 13.4. The number of ether oxygens (including phenoxy) is 1. The van der Waals surface area contributed by atoms with Crippen molar-refractivity contribution in [1.29, 1.82) is 5.26 Å². The lowest BCUT2D eigenvalue weighted by molar-refractivity contribution is 0.109. The summed E-state index contributed by atoms with van der Waals surface area (Å²) in [5, 5.41) is 10.3. The maximum atomic E-state index is 11.2. The third kappa shape index (κ3) is 3.07. The molecule has 0 aromatic carbocycles. The second-order valence-corrected chi connectivity index (χ2v) is 3.68. The van der Waals surface area contributed by atoms with Crippen molar-refractivity contribution in [3.63, 3.8) is 0 Å². The van der Waals surface area contributed by atoms with Crippen LogP contribution in [0.25, 0.3) is 0 Å². The highest BCUT2D eigenvalue weighted by Gasteiger charge is 2.08. The number of nitrogens with zero attached hydrogens (tertiary/aromatic N) is 2. The third-order valence-electron chi connectivity index (χ3n) is 1.54. The molecule has 14 heavy (non-hydrogen) atoms. The molecule has 1 rings (SSSR count). The Kier molecular flexibility index (Phi) is 3.95. The summed E-state index contributed by atoms with van der Waals surface area (Å²) in [7, 11) is 1.53. The molecule has 0 aliphatic carbocycles. The standard InChI is InChI=1S/C9H10N2O2S/c1-11(5-4-10)9(12)13-7-8-3-2-6-14-8/h2-3,6H,5,7H2,1H3. The van der Waals surface area contributed by atoms with Gasteiger partial charge in [-0.25, -0.2) is 4.79 Å². The number of carbonyl (C=O) groups is 1. The topological polar surface area (TPSA) is 53.3 Å². The van der Waals surface area contributed by atoms with Crippen molar-refractivity contribution in [3.8, 4) is 6.07 Å². The molecule has 1 aromatic heterocycles. The molecule has 4 nitrogen and oxygen atoms in total. The van der Waals surface area contributed by atoms with Crippen LogP contribution >= 0.6 is 11.3 Å². The second-order valence-electron chi connectivity index (χ2n) is 2.65. The number of carbonyl (C=O) groups excluding carboxylic acids is 1. The molecule has 1 heterocycles. The fourth-order valence-corrected chi connectivity index (χ4v) is 1.42. The minimum Gasteiger partial charge on any atom is -0.444 e. The van der Waals surface area contributed by atoms with Crippen molar-refractivity contribution >= 4 is 17.4 Å². The first kappa shape index (κ1) is 10.5. The highest BCUT2D eigenvalue weighted by molar-refractivity contribution is 7.09. The average Bonchev–Trinajstić information content (AvgIpc) is 2.67. The van der Waals surface area contributed by atoms with Crippen LogP contribution in [0, 0.1) is 11.3 Å². The second kappa shape index (κ2) is 5.25. The van der Waals surface area contributed by atoms with Gasteiger partial charge < -0.3 is 4.74 Å². The van der Waals surface area contributed by atoms with Gasteiger partial charge in [0.25, 0.3) is 0 Å². The fourth-order valence-electron chi connectivity index (χ4n) is 0.808. The predicted octanol–water partition coefficient (Wildman–Crippen LogP) is 1.84. The van der Waals surface area contributed by atoms with Crippen molar-refractivity contribution in [3.05, 3.63) is 22.4 Å². The van der Waals surface area contributed by atoms with Gasteiger partial charge in [0, 0.05) is 11.9 Å². The van der Waals surface area contributed by atoms with E-state index in [4.69, 9.17) is 10.00 Å². The van der Waals surface area contributed by atoms with E-state index in [-0.39, 0.29) is 13.2 Å². The molecule has 1 aromatic rings. The first-order chi connectivity index (χ1) is 6.74. The molecule has 0 saturated heterocycles. The summed E-state index contributed by atoms with van der Waals surface area (Å²) in [6, 6.07) is 5.66. The molecule has 0 aliphatic heterocycles. The van der Waals surface area contributed by atoms with Gasteiger partial charge in [-0.1, -0.05) is 6.07 Å². The molecule has 0 fully saturated rings. The van der Waals surface area contributed by atoms with Crippen LogP contribution < -0.4 is 0 Å². The van der Waals surface area contributed by atoms with Crippen LogP contribution in [0.3, 0.4) is 0 Å². The van der Waals surface area contributed by atoms with Gasteiger partial charge in [-0.15, -0.1) is 11.3 Å². The van der Waals surface area contributed by atoms with Crippen LogP contribution in [0.5, 0.6) is 0 Å². The van der Waals surface area contributed by atoms with Crippen molar-refractivity contribution < 1.29 is 9.53 Å². The maximum absolute atomic E-state index is 11.2. The Morgan fingerprint density at radius 2 is 2.57 bits per heavy atom. The van der Waals surface area contributed by atoms with Crippen LogP contribution in [0.15, 0.2) is 17.5 Å². The van der Waals surface area contributed by atoms with Crippen LogP contribution in [0.1, 0.15) is 4.88 Å². The Labute approximate surface area is 86.3 Å². The molecule has 74 valence electrons. The van der Waals surface area contributed by atoms with E-state index in [0.29, 0.717) is 0 Å². The normalized spacial score (nSPS) is 9.14. The lowest BCUT2D eigenvalue weighted by Crippen LogP contribution is -2.27. The lowest BCUT2D eigenvalue weighted by Gasteiger charge is -2.12. The molecule has 0 N–H and O–H groups in total. The van der Waals surface area contributed by atoms with Crippen molar-refractivity contribution in [2.45, 2.75) is 6.61 Å². The molecule has 0 bridgehead atoms. The minimum absolute atomic E-state index is 0.0449. The summed E-state index contributed by atoms with van der Waals surface area (Å²) < 4.78 is 4.95. The van der Waals surface area contributed by atoms with Gasteiger partial charge in [0.05, 0.1) is 6.07 Å². The lowest BCUT2D eigenvalue weighted by atomic mass is 10.5. The number of nitriles is 1. The molecule has 0 radical (unpaired) electrons. The summed E-state index contributed by atoms with van der Waals surface area (Å²) >= 11 is 1.53. The van der Waals surface area contributed by atoms with Gasteiger partial charge >= 0.3 is 6.09 Å². The molecule has 1 amide bonds. The van der Waals surface area contributed by atoms with Crippen LogP contribution in [0.4, 0.5) is 4.79 Å². The summed E-state index contributed by atoms with van der Waals surface area (Å²) in [6.45, 7) is 0.315. The Hall–Kier alpha value is -1.54. The molecular formula is C9H10N2O2S. The van der Waals surface area contributed by atoms with Crippen molar-refractivity contribution in [2.24, 2.45) is 0 Å². The van der Waals surface area contributed by atoms with Gasteiger partial charge in [0.15, 0.2) is 0 Å². The molecule has 0 spiro atoms. The van der Waals surface area contributed by atoms with E-state index in [2.05, 4.69) is 0 Å². The van der Waals surface area contributed by atoms with Crippen LogP contribution in [0.2, 0.25) is 0 Å². The van der Waals surface area contributed by atoms with E-state index < -0.39 is 6.09 Å². The van der Waals surface area contributed by atoms with Crippen molar-refractivity contribution in [1.82, 2.24) is 4.90 Å². The number of hydrogen-bond donors (Lipinski definition) is 0. The van der Waals surface area contributed by atoms with E-state index in [1.54, 1.807) is 0 Å². The zero-order chi connectivity index (χ0) is 10.4. The first-order valence-corrected chi connectivity index (χ1v) is 4.89. The number of hydrogen-bond acceptors (Lipinski definition) is 4. The quantitative estimate of drug-likeness (QED) is 0.715. The van der Waals surface area contributed by atoms with Crippen LogP contribution in [-0.4, -0.2) is 24.6 Å². The van der Waals surface area contributed by atoms with Gasteiger partial charge in [-0.05, 0) is 11.4 Å². The van der Waals surface area contributed by atoms with E-state index in [1.807, 2.05) is 23.6 Å². The molecule has 5 heteroatoms. The highest BCUT2D eigenvalue weighted by Crippen LogP contribution is 2.10. The van der Waals surface area contributed by atoms with E-state index in [9.17, 15) is 4.79 Å². The third-order valence-corrected chi connectivity index (χ3v) is 2.39. The van der Waals surface area contributed by atoms with Crippen molar-refractivity contribution in [2.75, 3.05) is 13.6 Å². The molecule has 0 unspecified atom stereocenters. The molecule has 0 saturated carbocycles. The SMILES string of the molecule is CN(CC#N)C(=O)OCc1cccs1. The van der Waals surface area contributed by atoms with Gasteiger partial charge in [0.1, 0.15) is 13.2 Å². The van der Waals surface area contributed by atoms with Crippen LogP contribution in [-0.2, 0) is 11.3 Å². The van der Waals surface area contributed by atoms with E-state index in [0.717, 1.165) is 4.88 Å². The molecule has 0 aliphatic rings. The zero-order valence-electron chi connectivity index (χ0n) is 7.77. The smallest absolute Gasteiger partial charge is 0.410 e. The minimum atomic E-state index is -0.472. The number of rotatable bonds is 3. The molecule has 0 atom stereocenters. The summed E-state index contributed by atoms with van der Waals surface area (Å²) in [5.41, 5.74) is 0. The number of amides is 1. The first-order valence-electron chi connectivity index (χ1n) is 4.01. The Bertz CT molecular complexity index is 329. The highest BCUT2D eigenvalue weighted by atomic mass is 32.1. The number of thiophene rings is 1.